The molecule has 0 fully saturated rings. The lowest BCUT2D eigenvalue weighted by molar-refractivity contribution is -0.864. The van der Waals surface area contributed by atoms with E-state index in [4.69, 9.17) is 5.11 Å². The fourth-order valence-corrected chi connectivity index (χ4v) is 0.974. The van der Waals surface area contributed by atoms with Crippen LogP contribution >= 0.6 is 0 Å². The van der Waals surface area contributed by atoms with E-state index >= 15 is 0 Å². The molecule has 0 amide bonds. The number of aliphatic imine (C=N–C) groups is 1. The molecule has 0 bridgehead atoms. The zero-order valence-corrected chi connectivity index (χ0v) is 9.56. The second-order valence-corrected chi connectivity index (χ2v) is 4.42. The number of hydrogen-bond acceptors (Lipinski definition) is 4. The largest absolute Gasteiger partial charge is 0.544 e. The van der Waals surface area contributed by atoms with E-state index in [9.17, 15) is 9.90 Å². The molecular weight excluding hydrogens is 198 g/mol. The lowest BCUT2D eigenvalue weighted by Gasteiger charge is -2.23. The zero-order chi connectivity index (χ0) is 11.9. The highest BCUT2D eigenvalue weighted by atomic mass is 16.4. The van der Waals surface area contributed by atoms with Crippen molar-refractivity contribution in [2.75, 3.05) is 47.5 Å². The average Bonchev–Trinajstić information content (AvgIpc) is 2.51. The minimum absolute atomic E-state index is 0.0694. The Hall–Kier alpha value is -0.980. The molecular formula is C9H20N3O3+. The smallest absolute Gasteiger partial charge is 0.185 e. The molecule has 1 atom stereocenters. The first kappa shape index (κ1) is 14.0. The van der Waals surface area contributed by atoms with Crippen molar-refractivity contribution in [3.8, 4) is 0 Å². The van der Waals surface area contributed by atoms with Crippen molar-refractivity contribution in [1.82, 2.24) is 0 Å². The van der Waals surface area contributed by atoms with Gasteiger partial charge in [0.05, 0.1) is 33.7 Å². The molecule has 1 unspecified atom stereocenters. The predicted molar refractivity (Wildman–Crippen MR) is 54.2 cm³/mol. The maximum atomic E-state index is 9.89. The summed E-state index contributed by atoms with van der Waals surface area (Å²) in [7, 11) is 5.40. The van der Waals surface area contributed by atoms with Gasteiger partial charge in [-0.1, -0.05) is 0 Å². The summed E-state index contributed by atoms with van der Waals surface area (Å²) in [6.45, 7) is 2.08. The van der Waals surface area contributed by atoms with E-state index in [1.54, 1.807) is 27.5 Å². The molecule has 0 spiro atoms. The topological polar surface area (TPSA) is 77.2 Å². The molecule has 2 N–H and O–H groups in total. The maximum absolute atomic E-state index is 9.89. The average molecular weight is 218 g/mol. The third-order valence-electron chi connectivity index (χ3n) is 1.64. The van der Waals surface area contributed by atoms with E-state index in [1.807, 2.05) is 0 Å². The van der Waals surface area contributed by atoms with Crippen molar-refractivity contribution in [3.05, 3.63) is 0 Å². The summed E-state index contributed by atoms with van der Waals surface area (Å²) in [5.41, 5.74) is 0. The Balaban J connectivity index is 0.000000262. The highest BCUT2D eigenvalue weighted by molar-refractivity contribution is 5.65. The van der Waals surface area contributed by atoms with Gasteiger partial charge in [0.2, 0.25) is 0 Å². The molecule has 0 saturated carbocycles. The van der Waals surface area contributed by atoms with Crippen LogP contribution in [-0.4, -0.2) is 69.4 Å². The van der Waals surface area contributed by atoms with Crippen molar-refractivity contribution in [1.29, 1.82) is 0 Å². The van der Waals surface area contributed by atoms with Crippen LogP contribution in [0, 0.1) is 0 Å². The lowest BCUT2D eigenvalue weighted by Crippen LogP contribution is -3.10. The van der Waals surface area contributed by atoms with Crippen molar-refractivity contribution in [2.45, 2.75) is 0 Å². The third kappa shape index (κ3) is 9.33. The number of carbonyl (C=O) groups is 1. The normalized spacial score (nSPS) is 19.6. The van der Waals surface area contributed by atoms with Crippen LogP contribution < -0.4 is 10.0 Å². The second-order valence-electron chi connectivity index (χ2n) is 4.42. The molecule has 15 heavy (non-hydrogen) atoms. The third-order valence-corrected chi connectivity index (χ3v) is 1.64. The fourth-order valence-electron chi connectivity index (χ4n) is 0.974. The van der Waals surface area contributed by atoms with Gasteiger partial charge in [0.25, 0.3) is 0 Å². The number of hydrogen-bond donors (Lipinski definition) is 2. The molecule has 0 aromatic heterocycles. The molecule has 1 aliphatic heterocycles. The first-order valence-electron chi connectivity index (χ1n) is 4.81. The van der Waals surface area contributed by atoms with Gasteiger partial charge < -0.3 is 19.5 Å². The molecule has 1 aliphatic rings. The molecule has 0 radical (unpaired) electrons. The number of carbonyl (C=O) groups excluding carboxylic acids is 1. The Labute approximate surface area is 90.0 Å². The van der Waals surface area contributed by atoms with Gasteiger partial charge in [-0.15, -0.1) is 0 Å². The van der Waals surface area contributed by atoms with Crippen LogP contribution in [0.25, 0.3) is 0 Å². The lowest BCUT2D eigenvalue weighted by atomic mass is 10.5. The SMILES string of the molecule is C[N+](C)(C)CC(=O)[O-].OC[NH+]1C=NCC1. The van der Waals surface area contributed by atoms with Crippen molar-refractivity contribution in [3.63, 3.8) is 0 Å². The maximum Gasteiger partial charge on any atom is 0.185 e. The van der Waals surface area contributed by atoms with Gasteiger partial charge in [-0.25, -0.2) is 4.99 Å². The number of likely N-dealkylation sites (N-methyl/N-ethyl adjacent to an activating group) is 1. The van der Waals surface area contributed by atoms with Gasteiger partial charge >= 0.3 is 0 Å². The van der Waals surface area contributed by atoms with Crippen LogP contribution in [0.3, 0.4) is 0 Å². The number of quaternary nitrogens is 2. The molecule has 88 valence electrons. The fraction of sp³-hybridized carbons (Fsp3) is 0.778. The van der Waals surface area contributed by atoms with E-state index in [0.29, 0.717) is 4.48 Å². The van der Waals surface area contributed by atoms with E-state index in [-0.39, 0.29) is 13.3 Å². The molecule has 1 rings (SSSR count). The van der Waals surface area contributed by atoms with Gasteiger partial charge in [0, 0.05) is 0 Å². The first-order valence-corrected chi connectivity index (χ1v) is 4.81. The van der Waals surface area contributed by atoms with E-state index < -0.39 is 5.97 Å². The highest BCUT2D eigenvalue weighted by Crippen LogP contribution is 1.84. The predicted octanol–water partition coefficient (Wildman–Crippen LogP) is -3.69. The Morgan fingerprint density at radius 1 is 1.60 bits per heavy atom. The minimum Gasteiger partial charge on any atom is -0.544 e. The summed E-state index contributed by atoms with van der Waals surface area (Å²) in [5, 5.41) is 18.3. The molecule has 0 aromatic rings. The molecule has 0 aliphatic carbocycles. The van der Waals surface area contributed by atoms with E-state index in [2.05, 4.69) is 4.99 Å². The molecule has 6 heteroatoms. The standard InChI is InChI=1S/C5H11NO2.C4H8N2O/c1-6(2,3)4-5(7)8;7-4-6-2-1-5-3-6/h4H2,1-3H3;3,7H,1-2,4H2/p+1. The zero-order valence-electron chi connectivity index (χ0n) is 9.56. The monoisotopic (exact) mass is 218 g/mol. The van der Waals surface area contributed by atoms with Gasteiger partial charge in [-0.3, -0.25) is 4.90 Å². The Morgan fingerprint density at radius 3 is 2.33 bits per heavy atom. The molecule has 0 aromatic carbocycles. The number of nitrogens with one attached hydrogen (secondary N) is 1. The van der Waals surface area contributed by atoms with Crippen LogP contribution in [-0.2, 0) is 4.79 Å². The summed E-state index contributed by atoms with van der Waals surface area (Å²) in [5.74, 6) is -1.00. The van der Waals surface area contributed by atoms with Gasteiger partial charge in [-0.2, -0.15) is 0 Å². The number of aliphatic carboxylic acids is 1. The summed E-state index contributed by atoms with van der Waals surface area (Å²) in [4.78, 5) is 14.9. The summed E-state index contributed by atoms with van der Waals surface area (Å²) < 4.78 is 0.419. The summed E-state index contributed by atoms with van der Waals surface area (Å²) in [6.07, 6.45) is 1.75. The number of aliphatic hydroxyl groups is 1. The van der Waals surface area contributed by atoms with E-state index in [0.717, 1.165) is 18.0 Å². The van der Waals surface area contributed by atoms with Gasteiger partial charge in [-0.05, 0) is 0 Å². The first-order chi connectivity index (χ1) is 6.85. The van der Waals surface area contributed by atoms with Crippen LogP contribution in [0.1, 0.15) is 0 Å². The van der Waals surface area contributed by atoms with Crippen LogP contribution in [0.15, 0.2) is 4.99 Å². The van der Waals surface area contributed by atoms with Crippen LogP contribution in [0.4, 0.5) is 0 Å². The number of nitrogens with zero attached hydrogens (tertiary/aromatic N) is 2. The summed E-state index contributed by atoms with van der Waals surface area (Å²) >= 11 is 0. The number of aliphatic hydroxyl groups excluding tert-OH is 1. The Morgan fingerprint density at radius 2 is 2.20 bits per heavy atom. The van der Waals surface area contributed by atoms with Crippen molar-refractivity contribution >= 4 is 12.3 Å². The second kappa shape index (κ2) is 6.49. The van der Waals surface area contributed by atoms with Crippen molar-refractivity contribution < 1.29 is 24.4 Å². The van der Waals surface area contributed by atoms with Gasteiger partial charge in [0.1, 0.15) is 13.1 Å². The number of carboxylic acid groups (broad SMARTS) is 1. The van der Waals surface area contributed by atoms with Crippen molar-refractivity contribution in [2.24, 2.45) is 4.99 Å². The highest BCUT2D eigenvalue weighted by Gasteiger charge is 2.06. The van der Waals surface area contributed by atoms with Crippen LogP contribution in [0.5, 0.6) is 0 Å². The number of rotatable bonds is 3. The Bertz CT molecular complexity index is 223. The molecule has 0 saturated heterocycles. The Kier molecular flexibility index (Phi) is 6.07. The van der Waals surface area contributed by atoms with Crippen LogP contribution in [0.2, 0.25) is 0 Å². The quantitative estimate of drug-likeness (QED) is 0.479. The molecule has 6 nitrogen and oxygen atoms in total. The van der Waals surface area contributed by atoms with Gasteiger partial charge in [0.15, 0.2) is 13.1 Å². The van der Waals surface area contributed by atoms with E-state index in [1.165, 1.54) is 0 Å². The molecule has 1 heterocycles. The summed E-state index contributed by atoms with van der Waals surface area (Å²) in [6, 6.07) is 0. The number of carboxylic acids is 1. The minimum atomic E-state index is -1.00.